The number of benzene rings is 4. The number of aromatic amines is 2. The zero-order chi connectivity index (χ0) is 42.5. The number of fused-ring (bicyclic) bond motifs is 6. The van der Waals surface area contributed by atoms with Crippen molar-refractivity contribution in [1.82, 2.24) is 39.7 Å². The number of aromatic nitrogens is 6. The van der Waals surface area contributed by atoms with Crippen molar-refractivity contribution in [2.45, 2.75) is 77.5 Å². The molecule has 4 aromatic carbocycles. The summed E-state index contributed by atoms with van der Waals surface area (Å²) in [5, 5.41) is 9.51. The quantitative estimate of drug-likeness (QED) is 0.112. The Balaban J connectivity index is 0.000000156. The largest absolute Gasteiger partial charge is 0.361 e. The van der Waals surface area contributed by atoms with Crippen molar-refractivity contribution < 1.29 is 9.59 Å². The Hall–Kier alpha value is -6.09. The van der Waals surface area contributed by atoms with Gasteiger partial charge in [0.2, 0.25) is 11.8 Å². The number of nitrogens with zero attached hydrogens (tertiary/aromatic N) is 4. The molecule has 61 heavy (non-hydrogen) atoms. The molecule has 4 aromatic heterocycles. The number of hydrogen-bond donors (Lipinski definition) is 4. The fourth-order valence-corrected chi connectivity index (χ4v) is 9.49. The van der Waals surface area contributed by atoms with E-state index in [1.807, 2.05) is 97.3 Å². The second-order valence-electron chi connectivity index (χ2n) is 17.0. The molecule has 0 aliphatic carbocycles. The standard InChI is InChI=1S/C24H23IN4O2.C24H24N4O2/c1-13(2)9-20-22-27-19-8-7-15(25)11-17(19)24(31)29(22)21(23(30)28-20)10-14-12-26-18-6-4-3-5-16(14)18;1-14(2)11-20-22-26-19-10-6-4-8-17(19)24(30)28(22)21(23(29)27-20)12-15-13-25-18-9-5-3-7-16(15)18/h3-8,11-13,20-21,26H,9-10H2,1-2H3,(H,28,30);3-10,13-14,20-21,25H,11-12H2,1-2H3,(H,27,29)/t2*20-,21+/m01/s1. The summed E-state index contributed by atoms with van der Waals surface area (Å²) in [5.41, 5.74) is 5.11. The molecule has 0 radical (unpaired) electrons. The van der Waals surface area contributed by atoms with Gasteiger partial charge < -0.3 is 20.6 Å². The summed E-state index contributed by atoms with van der Waals surface area (Å²) in [6.07, 6.45) is 6.17. The van der Waals surface area contributed by atoms with Crippen molar-refractivity contribution in [2.24, 2.45) is 11.8 Å². The number of para-hydroxylation sites is 3. The minimum atomic E-state index is -0.639. The lowest BCUT2D eigenvalue weighted by molar-refractivity contribution is -0.127. The first-order valence-corrected chi connectivity index (χ1v) is 22.0. The Morgan fingerprint density at radius 2 is 1.02 bits per heavy atom. The molecule has 4 N–H and O–H groups in total. The van der Waals surface area contributed by atoms with Gasteiger partial charge >= 0.3 is 0 Å². The van der Waals surface area contributed by atoms with Crippen molar-refractivity contribution in [2.75, 3.05) is 0 Å². The number of H-pyrrole nitrogens is 2. The van der Waals surface area contributed by atoms with Crippen LogP contribution in [0.5, 0.6) is 0 Å². The third-order valence-corrected chi connectivity index (χ3v) is 12.5. The number of carbonyl (C=O) groups excluding carboxylic acids is 2. The Kier molecular flexibility index (Phi) is 10.8. The Labute approximate surface area is 365 Å². The van der Waals surface area contributed by atoms with E-state index in [4.69, 9.17) is 9.97 Å². The third-order valence-electron chi connectivity index (χ3n) is 11.8. The minimum Gasteiger partial charge on any atom is -0.361 e. The fourth-order valence-electron chi connectivity index (χ4n) is 9.00. The van der Waals surface area contributed by atoms with Crippen molar-refractivity contribution in [1.29, 1.82) is 0 Å². The lowest BCUT2D eigenvalue weighted by Crippen LogP contribution is -2.48. The Bertz CT molecular complexity index is 3110. The highest BCUT2D eigenvalue weighted by Crippen LogP contribution is 2.33. The molecule has 8 aromatic rings. The van der Waals surface area contributed by atoms with E-state index in [9.17, 15) is 19.2 Å². The summed E-state index contributed by atoms with van der Waals surface area (Å²) in [5.74, 6) is 1.76. The van der Waals surface area contributed by atoms with Gasteiger partial charge in [0.05, 0.1) is 33.9 Å². The van der Waals surface area contributed by atoms with Crippen LogP contribution in [0.25, 0.3) is 43.6 Å². The molecule has 2 aliphatic rings. The molecule has 2 aliphatic heterocycles. The summed E-state index contributed by atoms with van der Waals surface area (Å²) < 4.78 is 4.25. The summed E-state index contributed by atoms with van der Waals surface area (Å²) >= 11 is 2.20. The highest BCUT2D eigenvalue weighted by Gasteiger charge is 2.38. The van der Waals surface area contributed by atoms with Crippen LogP contribution in [-0.4, -0.2) is 40.9 Å². The fraction of sp³-hybridized carbons (Fsp3) is 0.292. The normalized spacial score (nSPS) is 18.6. The molecule has 0 unspecified atom stereocenters. The van der Waals surface area contributed by atoms with Crippen molar-refractivity contribution in [3.05, 3.63) is 150 Å². The summed E-state index contributed by atoms with van der Waals surface area (Å²) in [7, 11) is 0. The smallest absolute Gasteiger partial charge is 0.262 e. The topological polar surface area (TPSA) is 160 Å². The first kappa shape index (κ1) is 40.3. The van der Waals surface area contributed by atoms with Crippen LogP contribution in [0.3, 0.4) is 0 Å². The van der Waals surface area contributed by atoms with Gasteiger partial charge in [-0.25, -0.2) is 9.97 Å². The SMILES string of the molecule is CC(C)C[C@@H]1NC(=O)[C@@H](Cc2c[nH]c3ccccc23)n2c1nc1ccc(I)cc1c2=O.CC(C)C[C@H]1NC(=O)[C@H](Cc2c[nH]c3ccccc23)n2c1nc1ccccc1c2=O. The van der Waals surface area contributed by atoms with Crippen LogP contribution in [0.15, 0.2) is 113 Å². The molecule has 0 fully saturated rings. The number of halogens is 1. The predicted octanol–water partition coefficient (Wildman–Crippen LogP) is 8.36. The number of carbonyl (C=O) groups is 2. The molecule has 0 bridgehead atoms. The molecule has 6 heterocycles. The Morgan fingerprint density at radius 1 is 0.574 bits per heavy atom. The zero-order valence-corrected chi connectivity index (χ0v) is 36.6. The number of hydrogen-bond acceptors (Lipinski definition) is 6. The van der Waals surface area contributed by atoms with Crippen LogP contribution >= 0.6 is 22.6 Å². The van der Waals surface area contributed by atoms with E-state index in [1.165, 1.54) is 0 Å². The second-order valence-corrected chi connectivity index (χ2v) is 18.3. The van der Waals surface area contributed by atoms with Gasteiger partial charge in [0, 0.05) is 50.6 Å². The summed E-state index contributed by atoms with van der Waals surface area (Å²) in [4.78, 5) is 69.8. The molecule has 0 saturated carbocycles. The van der Waals surface area contributed by atoms with Gasteiger partial charge in [0.25, 0.3) is 11.1 Å². The average Bonchev–Trinajstić information content (AvgIpc) is 3.85. The molecule has 12 nitrogen and oxygen atoms in total. The van der Waals surface area contributed by atoms with E-state index >= 15 is 0 Å². The third kappa shape index (κ3) is 7.64. The van der Waals surface area contributed by atoms with E-state index in [1.54, 1.807) is 15.2 Å². The highest BCUT2D eigenvalue weighted by atomic mass is 127. The minimum absolute atomic E-state index is 0.127. The predicted molar refractivity (Wildman–Crippen MR) is 247 cm³/mol. The van der Waals surface area contributed by atoms with Crippen molar-refractivity contribution >= 4 is 78.0 Å². The molecule has 10 rings (SSSR count). The van der Waals surface area contributed by atoms with Crippen LogP contribution in [0.1, 0.15) is 87.5 Å². The van der Waals surface area contributed by atoms with Crippen molar-refractivity contribution in [3.8, 4) is 0 Å². The highest BCUT2D eigenvalue weighted by molar-refractivity contribution is 14.1. The molecule has 0 saturated heterocycles. The first-order chi connectivity index (χ1) is 29.4. The van der Waals surface area contributed by atoms with E-state index in [-0.39, 0.29) is 35.0 Å². The zero-order valence-electron chi connectivity index (χ0n) is 34.4. The lowest BCUT2D eigenvalue weighted by atomic mass is 9.96. The molecular formula is C48H47IN8O4. The van der Waals surface area contributed by atoms with E-state index in [2.05, 4.69) is 70.9 Å². The maximum absolute atomic E-state index is 13.6. The Morgan fingerprint density at radius 3 is 1.52 bits per heavy atom. The maximum Gasteiger partial charge on any atom is 0.262 e. The van der Waals surface area contributed by atoms with Crippen LogP contribution in [0.2, 0.25) is 0 Å². The van der Waals surface area contributed by atoms with E-state index in [0.29, 0.717) is 58.1 Å². The second kappa shape index (κ2) is 16.4. The van der Waals surface area contributed by atoms with Crippen LogP contribution in [0, 0.1) is 15.4 Å². The maximum atomic E-state index is 13.6. The van der Waals surface area contributed by atoms with Crippen molar-refractivity contribution in [3.63, 3.8) is 0 Å². The van der Waals surface area contributed by atoms with Crippen LogP contribution in [0.4, 0.5) is 0 Å². The number of rotatable bonds is 8. The van der Waals surface area contributed by atoms with Gasteiger partial charge in [-0.2, -0.15) is 0 Å². The summed E-state index contributed by atoms with van der Waals surface area (Å²) in [6.45, 7) is 8.42. The average molecular weight is 927 g/mol. The molecule has 2 amide bonds. The van der Waals surface area contributed by atoms with Crippen LogP contribution in [-0.2, 0) is 22.4 Å². The number of nitrogens with one attached hydrogen (secondary N) is 4. The molecular weight excluding hydrogens is 879 g/mol. The molecule has 13 heteroatoms. The van der Waals surface area contributed by atoms with E-state index in [0.717, 1.165) is 49.3 Å². The molecule has 4 atom stereocenters. The van der Waals surface area contributed by atoms with Gasteiger partial charge in [0.15, 0.2) is 0 Å². The van der Waals surface area contributed by atoms with Crippen LogP contribution < -0.4 is 21.8 Å². The lowest BCUT2D eigenvalue weighted by Gasteiger charge is -2.33. The first-order valence-electron chi connectivity index (χ1n) is 20.9. The van der Waals surface area contributed by atoms with Gasteiger partial charge in [-0.05, 0) is 101 Å². The van der Waals surface area contributed by atoms with Gasteiger partial charge in [-0.1, -0.05) is 76.2 Å². The summed E-state index contributed by atoms with van der Waals surface area (Å²) in [6, 6.07) is 27.2. The molecule has 310 valence electrons. The van der Waals surface area contributed by atoms with Gasteiger partial charge in [0.1, 0.15) is 23.7 Å². The van der Waals surface area contributed by atoms with Gasteiger partial charge in [-0.3, -0.25) is 28.3 Å². The number of amides is 2. The molecule has 0 spiro atoms. The van der Waals surface area contributed by atoms with Gasteiger partial charge in [-0.15, -0.1) is 0 Å². The monoisotopic (exact) mass is 926 g/mol. The van der Waals surface area contributed by atoms with E-state index < -0.39 is 12.1 Å².